The highest BCUT2D eigenvalue weighted by Gasteiger charge is 2.15. The Balaban J connectivity index is 2.75. The second-order valence-electron chi connectivity index (χ2n) is 3.90. The number of rotatable bonds is 5. The van der Waals surface area contributed by atoms with Crippen molar-refractivity contribution >= 4 is 46.4 Å². The van der Waals surface area contributed by atoms with Crippen molar-refractivity contribution in [1.29, 1.82) is 0 Å². The summed E-state index contributed by atoms with van der Waals surface area (Å²) in [6.45, 7) is 4.38. The molecule has 100 valence electrons. The van der Waals surface area contributed by atoms with Crippen LogP contribution in [0.1, 0.15) is 20.3 Å². The molecule has 0 heterocycles. The number of hydrogen-bond donors (Lipinski definition) is 2. The zero-order valence-electron chi connectivity index (χ0n) is 10.2. The monoisotopic (exact) mass is 308 g/mol. The van der Waals surface area contributed by atoms with Crippen LogP contribution in [-0.2, 0) is 4.79 Å². The molecule has 0 aliphatic rings. The van der Waals surface area contributed by atoms with E-state index in [0.717, 1.165) is 6.42 Å². The van der Waals surface area contributed by atoms with Gasteiger partial charge < -0.3 is 10.6 Å². The van der Waals surface area contributed by atoms with Gasteiger partial charge in [-0.2, -0.15) is 0 Å². The van der Waals surface area contributed by atoms with E-state index in [1.54, 1.807) is 19.1 Å². The van der Waals surface area contributed by atoms with E-state index in [-0.39, 0.29) is 5.91 Å². The molecule has 0 fully saturated rings. The van der Waals surface area contributed by atoms with E-state index in [1.807, 2.05) is 6.92 Å². The van der Waals surface area contributed by atoms with Gasteiger partial charge in [-0.1, -0.05) is 41.7 Å². The molecule has 6 heteroatoms. The van der Waals surface area contributed by atoms with Crippen molar-refractivity contribution in [3.63, 3.8) is 0 Å². The molecule has 3 nitrogen and oxygen atoms in total. The minimum absolute atomic E-state index is 0.0982. The Morgan fingerprint density at radius 1 is 1.28 bits per heavy atom. The number of anilines is 1. The lowest BCUT2D eigenvalue weighted by atomic mass is 10.2. The summed E-state index contributed by atoms with van der Waals surface area (Å²) in [4.78, 5) is 11.7. The lowest BCUT2D eigenvalue weighted by Crippen LogP contribution is -2.38. The summed E-state index contributed by atoms with van der Waals surface area (Å²) >= 11 is 17.9. The zero-order chi connectivity index (χ0) is 13.7. The first-order valence-corrected chi connectivity index (χ1v) is 6.78. The van der Waals surface area contributed by atoms with Crippen LogP contribution >= 0.6 is 34.8 Å². The molecule has 0 aliphatic heterocycles. The normalized spacial score (nSPS) is 12.1. The third-order valence-corrected chi connectivity index (χ3v) is 3.12. The molecule has 1 aromatic rings. The van der Waals surface area contributed by atoms with Gasteiger partial charge in [-0.05, 0) is 25.5 Å². The third kappa shape index (κ3) is 4.23. The molecule has 1 rings (SSSR count). The maximum Gasteiger partial charge on any atom is 0.242 e. The molecule has 1 atom stereocenters. The number of carbonyl (C=O) groups is 1. The van der Waals surface area contributed by atoms with E-state index < -0.39 is 6.04 Å². The number of hydrogen-bond acceptors (Lipinski definition) is 2. The van der Waals surface area contributed by atoms with Crippen LogP contribution in [0.5, 0.6) is 0 Å². The van der Waals surface area contributed by atoms with E-state index in [0.29, 0.717) is 27.3 Å². The van der Waals surface area contributed by atoms with E-state index in [4.69, 9.17) is 34.8 Å². The van der Waals surface area contributed by atoms with Crippen molar-refractivity contribution in [2.75, 3.05) is 11.9 Å². The van der Waals surface area contributed by atoms with Crippen LogP contribution in [-0.4, -0.2) is 18.5 Å². The first-order valence-electron chi connectivity index (χ1n) is 5.64. The van der Waals surface area contributed by atoms with Crippen molar-refractivity contribution in [3.05, 3.63) is 27.2 Å². The van der Waals surface area contributed by atoms with Crippen LogP contribution < -0.4 is 10.6 Å². The first-order chi connectivity index (χ1) is 8.45. The Morgan fingerprint density at radius 2 is 1.83 bits per heavy atom. The van der Waals surface area contributed by atoms with Crippen LogP contribution in [0, 0.1) is 0 Å². The molecule has 0 radical (unpaired) electrons. The molecule has 0 bridgehead atoms. The lowest BCUT2D eigenvalue weighted by Gasteiger charge is -2.17. The van der Waals surface area contributed by atoms with Crippen LogP contribution in [0.25, 0.3) is 0 Å². The Bertz CT molecular complexity index is 414. The molecular weight excluding hydrogens is 295 g/mol. The van der Waals surface area contributed by atoms with Gasteiger partial charge in [-0.25, -0.2) is 0 Å². The Kier molecular flexibility index (Phi) is 6.06. The maximum absolute atomic E-state index is 11.7. The summed E-state index contributed by atoms with van der Waals surface area (Å²) in [5.74, 6) is -0.0982. The number of benzene rings is 1. The average molecular weight is 310 g/mol. The van der Waals surface area contributed by atoms with Gasteiger partial charge in [0.1, 0.15) is 6.04 Å². The number of halogens is 3. The molecule has 0 aromatic heterocycles. The Labute approximate surface area is 122 Å². The summed E-state index contributed by atoms with van der Waals surface area (Å²) < 4.78 is 0. The van der Waals surface area contributed by atoms with Crippen molar-refractivity contribution in [2.24, 2.45) is 0 Å². The molecule has 18 heavy (non-hydrogen) atoms. The van der Waals surface area contributed by atoms with Gasteiger partial charge >= 0.3 is 0 Å². The van der Waals surface area contributed by atoms with Crippen molar-refractivity contribution in [1.82, 2.24) is 5.32 Å². The third-order valence-electron chi connectivity index (χ3n) is 2.31. The number of carbonyl (C=O) groups excluding carboxylic acids is 1. The number of nitrogens with one attached hydrogen (secondary N) is 2. The van der Waals surface area contributed by atoms with Gasteiger partial charge in [0.25, 0.3) is 0 Å². The van der Waals surface area contributed by atoms with Gasteiger partial charge in [0.15, 0.2) is 0 Å². The quantitative estimate of drug-likeness (QED) is 0.864. The van der Waals surface area contributed by atoms with Crippen LogP contribution in [0.15, 0.2) is 12.1 Å². The van der Waals surface area contributed by atoms with Gasteiger partial charge in [0.05, 0.1) is 15.7 Å². The van der Waals surface area contributed by atoms with Crippen LogP contribution in [0.3, 0.4) is 0 Å². The summed E-state index contributed by atoms with van der Waals surface area (Å²) in [6, 6.07) is 2.73. The minimum Gasteiger partial charge on any atom is -0.371 e. The maximum atomic E-state index is 11.7. The summed E-state index contributed by atoms with van der Waals surface area (Å²) in [5, 5.41) is 7.01. The lowest BCUT2D eigenvalue weighted by molar-refractivity contribution is -0.121. The smallest absolute Gasteiger partial charge is 0.242 e. The van der Waals surface area contributed by atoms with Gasteiger partial charge in [-0.3, -0.25) is 4.79 Å². The van der Waals surface area contributed by atoms with E-state index in [1.165, 1.54) is 0 Å². The highest BCUT2D eigenvalue weighted by Crippen LogP contribution is 2.33. The Morgan fingerprint density at radius 3 is 2.33 bits per heavy atom. The fourth-order valence-corrected chi connectivity index (χ4v) is 2.29. The van der Waals surface area contributed by atoms with Crippen LogP contribution in [0.2, 0.25) is 15.1 Å². The van der Waals surface area contributed by atoms with E-state index in [9.17, 15) is 4.79 Å². The molecule has 0 saturated carbocycles. The van der Waals surface area contributed by atoms with Crippen molar-refractivity contribution in [3.8, 4) is 0 Å². The molecule has 1 aromatic carbocycles. The molecule has 2 N–H and O–H groups in total. The van der Waals surface area contributed by atoms with Gasteiger partial charge in [-0.15, -0.1) is 0 Å². The molecule has 0 aliphatic carbocycles. The highest BCUT2D eigenvalue weighted by atomic mass is 35.5. The predicted octanol–water partition coefficient (Wildman–Crippen LogP) is 3.97. The molecule has 1 unspecified atom stereocenters. The molecule has 0 spiro atoms. The van der Waals surface area contributed by atoms with E-state index in [2.05, 4.69) is 10.6 Å². The van der Waals surface area contributed by atoms with E-state index >= 15 is 0 Å². The van der Waals surface area contributed by atoms with Crippen LogP contribution in [0.4, 0.5) is 5.69 Å². The van der Waals surface area contributed by atoms with Gasteiger partial charge in [0.2, 0.25) is 5.91 Å². The average Bonchev–Trinajstić information content (AvgIpc) is 2.30. The fourth-order valence-electron chi connectivity index (χ4n) is 1.36. The summed E-state index contributed by atoms with van der Waals surface area (Å²) in [5.41, 5.74) is 0.516. The van der Waals surface area contributed by atoms with Crippen molar-refractivity contribution < 1.29 is 4.79 Å². The fraction of sp³-hybridized carbons (Fsp3) is 0.417. The number of amides is 1. The standard InChI is InChI=1S/C12H15Cl3N2O/c1-3-4-16-12(18)7(2)17-11-9(14)5-8(13)6-10(11)15/h5-7,17H,3-4H2,1-2H3,(H,16,18). The molecule has 1 amide bonds. The van der Waals surface area contributed by atoms with Crippen molar-refractivity contribution in [2.45, 2.75) is 26.3 Å². The van der Waals surface area contributed by atoms with Gasteiger partial charge in [0, 0.05) is 11.6 Å². The minimum atomic E-state index is -0.423. The topological polar surface area (TPSA) is 41.1 Å². The second-order valence-corrected chi connectivity index (χ2v) is 5.15. The SMILES string of the molecule is CCCNC(=O)C(C)Nc1c(Cl)cc(Cl)cc1Cl. The molecule has 0 saturated heterocycles. The zero-order valence-corrected chi connectivity index (χ0v) is 12.5. The largest absolute Gasteiger partial charge is 0.371 e. The summed E-state index contributed by atoms with van der Waals surface area (Å²) in [6.07, 6.45) is 0.890. The Hall–Kier alpha value is -0.640. The highest BCUT2D eigenvalue weighted by molar-refractivity contribution is 6.41. The molecular formula is C12H15Cl3N2O. The second kappa shape index (κ2) is 7.07. The first kappa shape index (κ1) is 15.4. The summed E-state index contributed by atoms with van der Waals surface area (Å²) in [7, 11) is 0. The predicted molar refractivity (Wildman–Crippen MR) is 77.9 cm³/mol.